The molecule has 0 radical (unpaired) electrons. The fraction of sp³-hybridized carbons (Fsp3) is 0.438. The van der Waals surface area contributed by atoms with Crippen LogP contribution in [0.5, 0.6) is 5.75 Å². The number of nitrogens with one attached hydrogen (secondary N) is 1. The fourth-order valence-corrected chi connectivity index (χ4v) is 2.30. The molecule has 1 fully saturated rings. The second-order valence-electron chi connectivity index (χ2n) is 5.76. The summed E-state index contributed by atoms with van der Waals surface area (Å²) in [6, 6.07) is 7.64. The summed E-state index contributed by atoms with van der Waals surface area (Å²) in [4.78, 5) is 0. The number of hydrogen-bond acceptors (Lipinski definition) is 6. The van der Waals surface area contributed by atoms with Gasteiger partial charge in [0.2, 0.25) is 0 Å². The van der Waals surface area contributed by atoms with Crippen LogP contribution in [-0.2, 0) is 9.47 Å². The van der Waals surface area contributed by atoms with E-state index in [0.717, 1.165) is 29.7 Å². The molecule has 1 aromatic carbocycles. The molecule has 6 nitrogen and oxygen atoms in total. The maximum absolute atomic E-state index is 5.85. The summed E-state index contributed by atoms with van der Waals surface area (Å²) in [6.45, 7) is 5.33. The predicted octanol–water partition coefficient (Wildman–Crippen LogP) is 2.62. The Balaban J connectivity index is 1.61. The summed E-state index contributed by atoms with van der Waals surface area (Å²) in [5.74, 6) is 1.85. The summed E-state index contributed by atoms with van der Waals surface area (Å²) in [5, 5.41) is 5.14. The van der Waals surface area contributed by atoms with Crippen LogP contribution in [-0.4, -0.2) is 30.9 Å². The second-order valence-corrected chi connectivity index (χ2v) is 5.76. The molecule has 0 aliphatic carbocycles. The largest absolute Gasteiger partial charge is 0.490 e. The SMILES string of the molecule is CC[C@@]1(C)NN=C(c2cc3c(OCC4CO4)cccc3o2)O1. The Morgan fingerprint density at radius 2 is 2.32 bits per heavy atom. The van der Waals surface area contributed by atoms with Crippen molar-refractivity contribution in [3.63, 3.8) is 0 Å². The minimum Gasteiger partial charge on any atom is -0.490 e. The predicted molar refractivity (Wildman–Crippen MR) is 80.9 cm³/mol. The van der Waals surface area contributed by atoms with Gasteiger partial charge in [-0.15, -0.1) is 5.10 Å². The third-order valence-corrected chi connectivity index (χ3v) is 3.95. The summed E-state index contributed by atoms with van der Waals surface area (Å²) in [6.07, 6.45) is 1.02. The zero-order valence-corrected chi connectivity index (χ0v) is 12.6. The average molecular weight is 302 g/mol. The standard InChI is InChI=1S/C16H18N2O4/c1-3-16(2)18-17-15(22-16)14-7-11-12(20-9-10-8-19-10)5-4-6-13(11)21-14/h4-7,10,18H,3,8-9H2,1-2H3/t10?,16-/m0/s1. The van der Waals surface area contributed by atoms with Crippen molar-refractivity contribution in [2.75, 3.05) is 13.2 Å². The summed E-state index contributed by atoms with van der Waals surface area (Å²) in [7, 11) is 0. The van der Waals surface area contributed by atoms with E-state index >= 15 is 0 Å². The lowest BCUT2D eigenvalue weighted by Crippen LogP contribution is -2.36. The second kappa shape index (κ2) is 4.91. The third-order valence-electron chi connectivity index (χ3n) is 3.95. The molecule has 4 rings (SSSR count). The lowest BCUT2D eigenvalue weighted by Gasteiger charge is -2.20. The van der Waals surface area contributed by atoms with Gasteiger partial charge in [-0.2, -0.15) is 0 Å². The number of hydrogen-bond donors (Lipinski definition) is 1. The maximum Gasteiger partial charge on any atom is 0.276 e. The molecule has 6 heteroatoms. The zero-order valence-electron chi connectivity index (χ0n) is 12.6. The van der Waals surface area contributed by atoms with Crippen molar-refractivity contribution in [1.29, 1.82) is 0 Å². The molecule has 0 spiro atoms. The molecule has 0 saturated carbocycles. The molecular formula is C16H18N2O4. The highest BCUT2D eigenvalue weighted by molar-refractivity contribution is 5.98. The van der Waals surface area contributed by atoms with Crippen molar-refractivity contribution < 1.29 is 18.6 Å². The highest BCUT2D eigenvalue weighted by Crippen LogP contribution is 2.31. The molecule has 2 atom stereocenters. The average Bonchev–Trinajstić information content (AvgIpc) is 3.11. The molecule has 22 heavy (non-hydrogen) atoms. The Morgan fingerprint density at radius 3 is 3.05 bits per heavy atom. The maximum atomic E-state index is 5.85. The molecular weight excluding hydrogens is 284 g/mol. The van der Waals surface area contributed by atoms with E-state index in [4.69, 9.17) is 18.6 Å². The minimum atomic E-state index is -0.475. The number of nitrogens with zero attached hydrogens (tertiary/aromatic N) is 1. The number of fused-ring (bicyclic) bond motifs is 1. The first-order valence-electron chi connectivity index (χ1n) is 7.48. The first kappa shape index (κ1) is 13.5. The van der Waals surface area contributed by atoms with Crippen molar-refractivity contribution in [3.05, 3.63) is 30.0 Å². The van der Waals surface area contributed by atoms with Gasteiger partial charge in [0.1, 0.15) is 24.0 Å². The van der Waals surface area contributed by atoms with Crippen molar-refractivity contribution in [1.82, 2.24) is 5.43 Å². The van der Waals surface area contributed by atoms with Gasteiger partial charge in [-0.05, 0) is 19.1 Å². The Kier molecular flexibility index (Phi) is 3.00. The van der Waals surface area contributed by atoms with Gasteiger partial charge in [-0.3, -0.25) is 5.43 Å². The van der Waals surface area contributed by atoms with Gasteiger partial charge in [-0.25, -0.2) is 0 Å². The van der Waals surface area contributed by atoms with Crippen LogP contribution in [0.1, 0.15) is 26.0 Å². The van der Waals surface area contributed by atoms with E-state index in [1.807, 2.05) is 38.1 Å². The first-order chi connectivity index (χ1) is 10.7. The van der Waals surface area contributed by atoms with E-state index in [-0.39, 0.29) is 6.10 Å². The zero-order chi connectivity index (χ0) is 15.2. The molecule has 116 valence electrons. The topological polar surface area (TPSA) is 68.5 Å². The molecule has 2 aromatic rings. The Morgan fingerprint density at radius 1 is 1.45 bits per heavy atom. The van der Waals surface area contributed by atoms with Gasteiger partial charge in [-0.1, -0.05) is 13.0 Å². The monoisotopic (exact) mass is 302 g/mol. The number of benzene rings is 1. The summed E-state index contributed by atoms with van der Waals surface area (Å²) >= 11 is 0. The van der Waals surface area contributed by atoms with Crippen LogP contribution in [0.25, 0.3) is 11.0 Å². The van der Waals surface area contributed by atoms with Gasteiger partial charge in [0.05, 0.1) is 12.0 Å². The van der Waals surface area contributed by atoms with E-state index in [1.54, 1.807) is 0 Å². The van der Waals surface area contributed by atoms with E-state index in [9.17, 15) is 0 Å². The summed E-state index contributed by atoms with van der Waals surface area (Å²) < 4.78 is 22.7. The normalized spacial score (nSPS) is 26.5. The highest BCUT2D eigenvalue weighted by Gasteiger charge is 2.33. The van der Waals surface area contributed by atoms with Crippen LogP contribution in [0.4, 0.5) is 0 Å². The number of rotatable bonds is 5. The van der Waals surface area contributed by atoms with Gasteiger partial charge < -0.3 is 18.6 Å². The Bertz CT molecular complexity index is 735. The third kappa shape index (κ3) is 2.39. The van der Waals surface area contributed by atoms with Crippen LogP contribution >= 0.6 is 0 Å². The lowest BCUT2D eigenvalue weighted by molar-refractivity contribution is 0.0641. The molecule has 1 unspecified atom stereocenters. The Hall–Kier alpha value is -2.21. The van der Waals surface area contributed by atoms with Crippen LogP contribution < -0.4 is 10.2 Å². The molecule has 0 bridgehead atoms. The van der Waals surface area contributed by atoms with Crippen molar-refractivity contribution in [2.45, 2.75) is 32.1 Å². The van der Waals surface area contributed by atoms with Gasteiger partial charge in [0.15, 0.2) is 11.5 Å². The molecule has 1 saturated heterocycles. The van der Waals surface area contributed by atoms with E-state index in [2.05, 4.69) is 10.5 Å². The van der Waals surface area contributed by atoms with Crippen molar-refractivity contribution >= 4 is 16.9 Å². The van der Waals surface area contributed by atoms with Gasteiger partial charge in [0, 0.05) is 12.5 Å². The fourth-order valence-electron chi connectivity index (χ4n) is 2.30. The molecule has 1 N–H and O–H groups in total. The van der Waals surface area contributed by atoms with Crippen molar-refractivity contribution in [3.8, 4) is 5.75 Å². The number of epoxide rings is 1. The van der Waals surface area contributed by atoms with Gasteiger partial charge >= 0.3 is 0 Å². The van der Waals surface area contributed by atoms with E-state index in [0.29, 0.717) is 18.3 Å². The number of hydrazone groups is 1. The number of ether oxygens (including phenoxy) is 3. The van der Waals surface area contributed by atoms with Crippen molar-refractivity contribution in [2.24, 2.45) is 5.10 Å². The summed E-state index contributed by atoms with van der Waals surface area (Å²) in [5.41, 5.74) is 3.27. The molecule has 1 aromatic heterocycles. The lowest BCUT2D eigenvalue weighted by atomic mass is 10.2. The van der Waals surface area contributed by atoms with Crippen LogP contribution in [0.15, 0.2) is 33.8 Å². The minimum absolute atomic E-state index is 0.221. The quantitative estimate of drug-likeness (QED) is 0.860. The molecule has 0 amide bonds. The molecule has 3 heterocycles. The number of furan rings is 1. The van der Waals surface area contributed by atoms with Crippen LogP contribution in [0, 0.1) is 0 Å². The van der Waals surface area contributed by atoms with E-state index < -0.39 is 5.72 Å². The van der Waals surface area contributed by atoms with E-state index in [1.165, 1.54) is 0 Å². The first-order valence-corrected chi connectivity index (χ1v) is 7.48. The van der Waals surface area contributed by atoms with Crippen LogP contribution in [0.2, 0.25) is 0 Å². The van der Waals surface area contributed by atoms with Gasteiger partial charge in [0.25, 0.3) is 5.90 Å². The molecule has 2 aliphatic heterocycles. The smallest absolute Gasteiger partial charge is 0.276 e. The Labute approximate surface area is 128 Å². The molecule has 2 aliphatic rings. The highest BCUT2D eigenvalue weighted by atomic mass is 16.6. The van der Waals surface area contributed by atoms with Crippen LogP contribution in [0.3, 0.4) is 0 Å².